The summed E-state index contributed by atoms with van der Waals surface area (Å²) in [5.74, 6) is 0.240. The van der Waals surface area contributed by atoms with Crippen LogP contribution in [0.15, 0.2) is 23.3 Å². The van der Waals surface area contributed by atoms with Gasteiger partial charge in [0, 0.05) is 12.8 Å². The smallest absolute Gasteiger partial charge is 0.303 e. The second-order valence-electron chi connectivity index (χ2n) is 5.18. The number of methoxy groups -OCH3 is 2. The molecule has 2 N–H and O–H groups in total. The number of carboxylic acids is 1. The zero-order chi connectivity index (χ0) is 17.8. The summed E-state index contributed by atoms with van der Waals surface area (Å²) >= 11 is 0. The maximum Gasteiger partial charge on any atom is 0.303 e. The van der Waals surface area contributed by atoms with E-state index in [0.717, 1.165) is 12.8 Å². The van der Waals surface area contributed by atoms with Gasteiger partial charge in [0.15, 0.2) is 0 Å². The summed E-state index contributed by atoms with van der Waals surface area (Å²) in [5, 5.41) is 12.5. The lowest BCUT2D eigenvalue weighted by Crippen LogP contribution is -2.17. The Morgan fingerprint density at radius 3 is 2.21 bits per heavy atom. The molecule has 0 aliphatic carbocycles. The molecule has 0 radical (unpaired) electrons. The molecule has 1 amide bonds. The van der Waals surface area contributed by atoms with Crippen molar-refractivity contribution in [3.05, 3.63) is 23.8 Å². The Kier molecular flexibility index (Phi) is 8.96. The van der Waals surface area contributed by atoms with Crippen LogP contribution < -0.4 is 14.9 Å². The number of aliphatic carboxylic acids is 1. The first-order valence-electron chi connectivity index (χ1n) is 7.83. The lowest BCUT2D eigenvalue weighted by atomic mass is 10.1. The van der Waals surface area contributed by atoms with Crippen LogP contribution in [0.1, 0.15) is 44.1 Å². The highest BCUT2D eigenvalue weighted by Crippen LogP contribution is 2.26. The number of rotatable bonds is 11. The van der Waals surface area contributed by atoms with Crippen LogP contribution >= 0.6 is 0 Å². The van der Waals surface area contributed by atoms with Gasteiger partial charge in [-0.05, 0) is 25.0 Å². The minimum atomic E-state index is -0.783. The van der Waals surface area contributed by atoms with E-state index in [-0.39, 0.29) is 12.3 Å². The van der Waals surface area contributed by atoms with Gasteiger partial charge >= 0.3 is 5.97 Å². The lowest BCUT2D eigenvalue weighted by Gasteiger charge is -2.09. The van der Waals surface area contributed by atoms with Crippen molar-refractivity contribution < 1.29 is 24.2 Å². The van der Waals surface area contributed by atoms with E-state index in [1.807, 2.05) is 0 Å². The van der Waals surface area contributed by atoms with Gasteiger partial charge in [-0.25, -0.2) is 5.43 Å². The number of nitrogens with one attached hydrogen (secondary N) is 1. The fourth-order valence-corrected chi connectivity index (χ4v) is 2.15. The summed E-state index contributed by atoms with van der Waals surface area (Å²) in [6.45, 7) is 0. The number of amides is 1. The van der Waals surface area contributed by atoms with Crippen molar-refractivity contribution in [1.82, 2.24) is 5.43 Å². The molecule has 0 atom stereocenters. The van der Waals surface area contributed by atoms with Crippen LogP contribution in [0.5, 0.6) is 11.5 Å². The summed E-state index contributed by atoms with van der Waals surface area (Å²) in [5.41, 5.74) is 3.12. The molecule has 1 aromatic carbocycles. The molecule has 0 saturated carbocycles. The molecule has 0 unspecified atom stereocenters. The van der Waals surface area contributed by atoms with Crippen molar-refractivity contribution in [2.45, 2.75) is 38.5 Å². The highest BCUT2D eigenvalue weighted by atomic mass is 16.5. The maximum atomic E-state index is 11.7. The molecule has 0 saturated heterocycles. The monoisotopic (exact) mass is 336 g/mol. The molecule has 1 aromatic rings. The maximum absolute atomic E-state index is 11.7. The Labute approximate surface area is 141 Å². The van der Waals surface area contributed by atoms with Crippen molar-refractivity contribution in [3.63, 3.8) is 0 Å². The van der Waals surface area contributed by atoms with Gasteiger partial charge < -0.3 is 14.6 Å². The fourth-order valence-electron chi connectivity index (χ4n) is 2.15. The minimum Gasteiger partial charge on any atom is -0.496 e. The van der Waals surface area contributed by atoms with Crippen molar-refractivity contribution in [2.24, 2.45) is 5.10 Å². The summed E-state index contributed by atoms with van der Waals surface area (Å²) < 4.78 is 10.5. The fraction of sp³-hybridized carbons (Fsp3) is 0.471. The number of carbonyl (C=O) groups is 2. The first-order chi connectivity index (χ1) is 11.6. The van der Waals surface area contributed by atoms with Crippen LogP contribution in [0.4, 0.5) is 0 Å². The van der Waals surface area contributed by atoms with E-state index < -0.39 is 5.97 Å². The Hall–Kier alpha value is -2.57. The standard InChI is InChI=1S/C17H24N2O5/c1-23-14-8-7-9-15(24-2)13(14)12-18-19-16(20)10-5-3-4-6-11-17(21)22/h7-9,12H,3-6,10-11H2,1-2H3,(H,19,20)(H,21,22)/b18-12+. The van der Waals surface area contributed by atoms with E-state index in [1.165, 1.54) is 6.21 Å². The highest BCUT2D eigenvalue weighted by molar-refractivity contribution is 5.88. The second-order valence-corrected chi connectivity index (χ2v) is 5.18. The predicted octanol–water partition coefficient (Wildman–Crippen LogP) is 2.58. The zero-order valence-electron chi connectivity index (χ0n) is 14.1. The van der Waals surface area contributed by atoms with Crippen LogP contribution in [0.2, 0.25) is 0 Å². The second kappa shape index (κ2) is 11.0. The molecule has 0 aromatic heterocycles. The zero-order valence-corrected chi connectivity index (χ0v) is 14.1. The van der Waals surface area contributed by atoms with E-state index in [0.29, 0.717) is 36.3 Å². The number of carboxylic acid groups (broad SMARTS) is 1. The Balaban J connectivity index is 2.36. The number of carbonyl (C=O) groups excluding carboxylic acids is 1. The molecule has 0 heterocycles. The molecule has 0 aliphatic rings. The van der Waals surface area contributed by atoms with E-state index in [2.05, 4.69) is 10.5 Å². The molecular formula is C17H24N2O5. The number of hydrazone groups is 1. The van der Waals surface area contributed by atoms with Gasteiger partial charge in [0.2, 0.25) is 5.91 Å². The molecular weight excluding hydrogens is 312 g/mol. The quantitative estimate of drug-likeness (QED) is 0.368. The lowest BCUT2D eigenvalue weighted by molar-refractivity contribution is -0.137. The van der Waals surface area contributed by atoms with Crippen molar-refractivity contribution >= 4 is 18.1 Å². The molecule has 1 rings (SSSR count). The minimum absolute atomic E-state index is 0.178. The molecule has 7 heteroatoms. The van der Waals surface area contributed by atoms with Gasteiger partial charge in [-0.3, -0.25) is 9.59 Å². The van der Waals surface area contributed by atoms with E-state index in [9.17, 15) is 9.59 Å². The largest absolute Gasteiger partial charge is 0.496 e. The third-order valence-corrected chi connectivity index (χ3v) is 3.39. The van der Waals surface area contributed by atoms with Gasteiger partial charge in [0.25, 0.3) is 0 Å². The number of unbranched alkanes of at least 4 members (excludes halogenated alkanes) is 3. The van der Waals surface area contributed by atoms with E-state index in [1.54, 1.807) is 32.4 Å². The number of benzene rings is 1. The molecule has 0 spiro atoms. The summed E-state index contributed by atoms with van der Waals surface area (Å²) in [7, 11) is 3.10. The third kappa shape index (κ3) is 7.13. The Morgan fingerprint density at radius 2 is 1.67 bits per heavy atom. The van der Waals surface area contributed by atoms with Gasteiger partial charge in [-0.1, -0.05) is 18.9 Å². The average Bonchev–Trinajstić information content (AvgIpc) is 2.57. The molecule has 24 heavy (non-hydrogen) atoms. The summed E-state index contributed by atoms with van der Waals surface area (Å²) in [4.78, 5) is 22.1. The number of hydrogen-bond donors (Lipinski definition) is 2. The van der Waals surface area contributed by atoms with Gasteiger partial charge in [0.05, 0.1) is 26.0 Å². The van der Waals surface area contributed by atoms with Crippen molar-refractivity contribution in [2.75, 3.05) is 14.2 Å². The van der Waals surface area contributed by atoms with Gasteiger partial charge in [-0.15, -0.1) is 0 Å². The van der Waals surface area contributed by atoms with Crippen LogP contribution in [-0.4, -0.2) is 37.4 Å². The van der Waals surface area contributed by atoms with Crippen LogP contribution in [0.3, 0.4) is 0 Å². The van der Waals surface area contributed by atoms with Crippen LogP contribution in [0.25, 0.3) is 0 Å². The molecule has 0 bridgehead atoms. The van der Waals surface area contributed by atoms with Crippen molar-refractivity contribution in [3.8, 4) is 11.5 Å². The molecule has 0 fully saturated rings. The third-order valence-electron chi connectivity index (χ3n) is 3.39. The number of nitrogens with zero attached hydrogens (tertiary/aromatic N) is 1. The molecule has 132 valence electrons. The van der Waals surface area contributed by atoms with Crippen LogP contribution in [0, 0.1) is 0 Å². The topological polar surface area (TPSA) is 97.2 Å². The predicted molar refractivity (Wildman–Crippen MR) is 90.6 cm³/mol. The molecule has 7 nitrogen and oxygen atoms in total. The summed E-state index contributed by atoms with van der Waals surface area (Å²) in [6, 6.07) is 5.36. The van der Waals surface area contributed by atoms with Crippen molar-refractivity contribution in [1.29, 1.82) is 0 Å². The summed E-state index contributed by atoms with van der Waals surface area (Å²) in [6.07, 6.45) is 5.00. The normalized spacial score (nSPS) is 10.6. The first kappa shape index (κ1) is 19.5. The van der Waals surface area contributed by atoms with E-state index in [4.69, 9.17) is 14.6 Å². The van der Waals surface area contributed by atoms with Crippen LogP contribution in [-0.2, 0) is 9.59 Å². The number of ether oxygens (including phenoxy) is 2. The first-order valence-corrected chi connectivity index (χ1v) is 7.83. The molecule has 0 aliphatic heterocycles. The highest BCUT2D eigenvalue weighted by Gasteiger charge is 2.07. The van der Waals surface area contributed by atoms with E-state index >= 15 is 0 Å². The number of hydrogen-bond acceptors (Lipinski definition) is 5. The van der Waals surface area contributed by atoms with Gasteiger partial charge in [0.1, 0.15) is 11.5 Å². The van der Waals surface area contributed by atoms with Gasteiger partial charge in [-0.2, -0.15) is 5.10 Å². The SMILES string of the molecule is COc1cccc(OC)c1/C=N/NC(=O)CCCCCCC(=O)O. The Morgan fingerprint density at radius 1 is 1.08 bits per heavy atom. The Bertz CT molecular complexity index is 550. The average molecular weight is 336 g/mol.